The van der Waals surface area contributed by atoms with E-state index in [0.29, 0.717) is 12.8 Å². The molecule has 0 amide bonds. The minimum absolute atomic E-state index is 0.152. The van der Waals surface area contributed by atoms with Gasteiger partial charge in [-0.05, 0) is 12.8 Å². The highest BCUT2D eigenvalue weighted by atomic mass is 19.4. The van der Waals surface area contributed by atoms with E-state index in [1.165, 1.54) is 0 Å². The molecular weight excluding hydrogens is 279 g/mol. The Kier molecular flexibility index (Phi) is 4.07. The van der Waals surface area contributed by atoms with Crippen molar-refractivity contribution in [3.8, 4) is 0 Å². The molecule has 1 aromatic heterocycles. The Hall–Kier alpha value is -1.90. The lowest BCUT2D eigenvalue weighted by Crippen LogP contribution is -2.22. The van der Waals surface area contributed by atoms with Crippen LogP contribution in [0.3, 0.4) is 0 Å². The van der Waals surface area contributed by atoms with Crippen molar-refractivity contribution in [3.05, 3.63) is 17.6 Å². The van der Waals surface area contributed by atoms with Crippen LogP contribution >= 0.6 is 0 Å². The van der Waals surface area contributed by atoms with E-state index >= 15 is 0 Å². The molecule has 0 spiro atoms. The van der Waals surface area contributed by atoms with Gasteiger partial charge in [-0.1, -0.05) is 0 Å². The fourth-order valence-electron chi connectivity index (χ4n) is 1.83. The number of aromatic carboxylic acids is 1. The van der Waals surface area contributed by atoms with Crippen molar-refractivity contribution in [1.82, 2.24) is 9.97 Å². The van der Waals surface area contributed by atoms with Crippen LogP contribution in [0.5, 0.6) is 0 Å². The third-order valence-corrected chi connectivity index (χ3v) is 2.79. The number of anilines is 1. The van der Waals surface area contributed by atoms with Crippen LogP contribution in [0.15, 0.2) is 6.20 Å². The maximum Gasteiger partial charge on any atom is 0.451 e. The maximum atomic E-state index is 12.5. The Morgan fingerprint density at radius 1 is 1.55 bits per heavy atom. The molecule has 0 saturated carbocycles. The molecule has 20 heavy (non-hydrogen) atoms. The predicted octanol–water partition coefficient (Wildman–Crippen LogP) is 1.78. The largest absolute Gasteiger partial charge is 0.477 e. The SMILES string of the molecule is O=C(O)c1cnc(C(F)(F)F)nc1NCC1CCCO1. The van der Waals surface area contributed by atoms with Crippen LogP contribution in [0.1, 0.15) is 29.0 Å². The highest BCUT2D eigenvalue weighted by Gasteiger charge is 2.35. The second-order valence-electron chi connectivity index (χ2n) is 4.27. The number of nitrogens with zero attached hydrogens (tertiary/aromatic N) is 2. The van der Waals surface area contributed by atoms with E-state index in [1.54, 1.807) is 0 Å². The van der Waals surface area contributed by atoms with E-state index < -0.39 is 23.5 Å². The normalized spacial score (nSPS) is 19.1. The van der Waals surface area contributed by atoms with Crippen LogP contribution < -0.4 is 5.32 Å². The van der Waals surface area contributed by atoms with Crippen LogP contribution in [0.2, 0.25) is 0 Å². The lowest BCUT2D eigenvalue weighted by atomic mass is 10.2. The molecule has 1 aliphatic heterocycles. The summed E-state index contributed by atoms with van der Waals surface area (Å²) < 4.78 is 42.8. The molecule has 0 bridgehead atoms. The quantitative estimate of drug-likeness (QED) is 0.879. The van der Waals surface area contributed by atoms with Crippen molar-refractivity contribution in [2.24, 2.45) is 0 Å². The van der Waals surface area contributed by atoms with Crippen molar-refractivity contribution < 1.29 is 27.8 Å². The summed E-state index contributed by atoms with van der Waals surface area (Å²) in [5.74, 6) is -3.12. The van der Waals surface area contributed by atoms with Crippen molar-refractivity contribution in [1.29, 1.82) is 0 Å². The summed E-state index contributed by atoms with van der Waals surface area (Å²) in [4.78, 5) is 17.2. The van der Waals surface area contributed by atoms with E-state index in [4.69, 9.17) is 9.84 Å². The molecule has 0 aromatic carbocycles. The van der Waals surface area contributed by atoms with Gasteiger partial charge in [-0.25, -0.2) is 14.8 Å². The summed E-state index contributed by atoms with van der Waals surface area (Å²) in [6.45, 7) is 0.796. The van der Waals surface area contributed by atoms with Crippen molar-refractivity contribution in [2.45, 2.75) is 25.1 Å². The number of carboxylic acids is 1. The van der Waals surface area contributed by atoms with Crippen LogP contribution in [0.25, 0.3) is 0 Å². The van der Waals surface area contributed by atoms with E-state index in [1.807, 2.05) is 0 Å². The number of ether oxygens (including phenoxy) is 1. The monoisotopic (exact) mass is 291 g/mol. The Labute approximate surface area is 112 Å². The second-order valence-corrected chi connectivity index (χ2v) is 4.27. The molecule has 110 valence electrons. The average molecular weight is 291 g/mol. The summed E-state index contributed by atoms with van der Waals surface area (Å²) >= 11 is 0. The first-order chi connectivity index (χ1) is 9.38. The minimum atomic E-state index is -4.72. The Balaban J connectivity index is 2.20. The fraction of sp³-hybridized carbons (Fsp3) is 0.545. The molecule has 0 radical (unpaired) electrons. The molecule has 6 nitrogen and oxygen atoms in total. The molecule has 0 aliphatic carbocycles. The van der Waals surface area contributed by atoms with Gasteiger partial charge in [0.1, 0.15) is 11.4 Å². The first kappa shape index (κ1) is 14.5. The van der Waals surface area contributed by atoms with Gasteiger partial charge in [0.25, 0.3) is 0 Å². The smallest absolute Gasteiger partial charge is 0.451 e. The van der Waals surface area contributed by atoms with E-state index in [-0.39, 0.29) is 18.5 Å². The van der Waals surface area contributed by atoms with E-state index in [9.17, 15) is 18.0 Å². The number of carbonyl (C=O) groups is 1. The van der Waals surface area contributed by atoms with Crippen molar-refractivity contribution >= 4 is 11.8 Å². The maximum absolute atomic E-state index is 12.5. The van der Waals surface area contributed by atoms with Crippen molar-refractivity contribution in [3.63, 3.8) is 0 Å². The van der Waals surface area contributed by atoms with Gasteiger partial charge in [-0.3, -0.25) is 0 Å². The zero-order chi connectivity index (χ0) is 14.8. The van der Waals surface area contributed by atoms with Gasteiger partial charge >= 0.3 is 12.1 Å². The number of hydrogen-bond donors (Lipinski definition) is 2. The second kappa shape index (κ2) is 5.61. The number of nitrogens with one attached hydrogen (secondary N) is 1. The highest BCUT2D eigenvalue weighted by molar-refractivity contribution is 5.92. The number of aromatic nitrogens is 2. The number of alkyl halides is 3. The molecule has 1 aliphatic rings. The van der Waals surface area contributed by atoms with Gasteiger partial charge in [0.2, 0.25) is 5.82 Å². The first-order valence-electron chi connectivity index (χ1n) is 5.91. The number of halogens is 3. The van der Waals surface area contributed by atoms with Gasteiger partial charge in [0.05, 0.1) is 6.10 Å². The summed E-state index contributed by atoms with van der Waals surface area (Å²) in [5, 5.41) is 11.5. The summed E-state index contributed by atoms with van der Waals surface area (Å²) in [6, 6.07) is 0. The molecule has 1 saturated heterocycles. The van der Waals surface area contributed by atoms with Crippen LogP contribution in [-0.2, 0) is 10.9 Å². The third-order valence-electron chi connectivity index (χ3n) is 2.79. The summed E-state index contributed by atoms with van der Waals surface area (Å²) in [7, 11) is 0. The lowest BCUT2D eigenvalue weighted by Gasteiger charge is -2.14. The van der Waals surface area contributed by atoms with Gasteiger partial charge in [-0.15, -0.1) is 0 Å². The lowest BCUT2D eigenvalue weighted by molar-refractivity contribution is -0.144. The van der Waals surface area contributed by atoms with Gasteiger partial charge in [-0.2, -0.15) is 13.2 Å². The molecule has 1 aromatic rings. The number of hydrogen-bond acceptors (Lipinski definition) is 5. The topological polar surface area (TPSA) is 84.3 Å². The molecule has 2 N–H and O–H groups in total. The number of rotatable bonds is 4. The Morgan fingerprint density at radius 2 is 2.30 bits per heavy atom. The van der Waals surface area contributed by atoms with Crippen LogP contribution in [0, 0.1) is 0 Å². The highest BCUT2D eigenvalue weighted by Crippen LogP contribution is 2.27. The molecule has 2 rings (SSSR count). The minimum Gasteiger partial charge on any atom is -0.477 e. The Morgan fingerprint density at radius 3 is 2.85 bits per heavy atom. The number of carboxylic acid groups (broad SMARTS) is 1. The standard InChI is InChI=1S/C11H12F3N3O3/c12-11(13,14)10-16-5-7(9(18)19)8(17-10)15-4-6-2-1-3-20-6/h5-6H,1-4H2,(H,18,19)(H,15,16,17). The van der Waals surface area contributed by atoms with Crippen LogP contribution in [-0.4, -0.2) is 40.3 Å². The summed E-state index contributed by atoms with van der Waals surface area (Å²) in [6.07, 6.45) is -2.59. The molecule has 1 unspecified atom stereocenters. The molecule has 2 heterocycles. The molecule has 1 atom stereocenters. The predicted molar refractivity (Wildman–Crippen MR) is 61.5 cm³/mol. The fourth-order valence-corrected chi connectivity index (χ4v) is 1.83. The third kappa shape index (κ3) is 3.35. The average Bonchev–Trinajstić information content (AvgIpc) is 2.87. The molecular formula is C11H12F3N3O3. The molecule has 1 fully saturated rings. The first-order valence-corrected chi connectivity index (χ1v) is 5.91. The zero-order valence-electron chi connectivity index (χ0n) is 10.3. The van der Waals surface area contributed by atoms with Gasteiger partial charge < -0.3 is 15.2 Å². The van der Waals surface area contributed by atoms with Gasteiger partial charge in [0, 0.05) is 19.3 Å². The molecule has 9 heteroatoms. The zero-order valence-corrected chi connectivity index (χ0v) is 10.3. The van der Waals surface area contributed by atoms with Crippen molar-refractivity contribution in [2.75, 3.05) is 18.5 Å². The van der Waals surface area contributed by atoms with Crippen LogP contribution in [0.4, 0.5) is 19.0 Å². The van der Waals surface area contributed by atoms with E-state index in [2.05, 4.69) is 15.3 Å². The van der Waals surface area contributed by atoms with E-state index in [0.717, 1.165) is 12.8 Å². The summed E-state index contributed by atoms with van der Waals surface area (Å²) in [5.41, 5.74) is -0.406. The van der Waals surface area contributed by atoms with Gasteiger partial charge in [0.15, 0.2) is 0 Å². The Bertz CT molecular complexity index is 501.